The molecule has 6 heteroatoms. The highest BCUT2D eigenvalue weighted by Crippen LogP contribution is 2.43. The molecule has 0 aliphatic carbocycles. The van der Waals surface area contributed by atoms with Crippen LogP contribution in [0.2, 0.25) is 0 Å². The summed E-state index contributed by atoms with van der Waals surface area (Å²) in [6.07, 6.45) is 3.71. The maximum Gasteiger partial charge on any atom is 0.125 e. The van der Waals surface area contributed by atoms with Gasteiger partial charge in [0.1, 0.15) is 10.0 Å². The summed E-state index contributed by atoms with van der Waals surface area (Å²) in [7, 11) is 0. The molecule has 0 saturated heterocycles. The summed E-state index contributed by atoms with van der Waals surface area (Å²) in [5, 5.41) is 6.45. The van der Waals surface area contributed by atoms with Gasteiger partial charge < -0.3 is 4.57 Å². The molecule has 0 fully saturated rings. The summed E-state index contributed by atoms with van der Waals surface area (Å²) in [6, 6.07) is 36.2. The molecular weight excluding hydrogens is 517 g/mol. The number of rotatable bonds is 4. The molecule has 0 spiro atoms. The number of pyridine rings is 1. The van der Waals surface area contributed by atoms with Crippen molar-refractivity contribution in [3.05, 3.63) is 121 Å². The van der Waals surface area contributed by atoms with Gasteiger partial charge in [0.15, 0.2) is 0 Å². The van der Waals surface area contributed by atoms with E-state index in [1.807, 2.05) is 36.0 Å². The molecule has 8 aromatic rings. The lowest BCUT2D eigenvalue weighted by molar-refractivity contribution is 1.18. The molecule has 0 unspecified atom stereocenters. The fourth-order valence-electron chi connectivity index (χ4n) is 5.33. The number of para-hydroxylation sites is 2. The van der Waals surface area contributed by atoms with E-state index in [2.05, 4.69) is 94.5 Å². The van der Waals surface area contributed by atoms with Crippen molar-refractivity contribution in [2.45, 2.75) is 0 Å². The molecular formula is C33H20N4S2. The van der Waals surface area contributed by atoms with Crippen LogP contribution in [0.15, 0.2) is 121 Å². The second-order valence-electron chi connectivity index (χ2n) is 9.36. The number of benzene rings is 4. The van der Waals surface area contributed by atoms with Gasteiger partial charge in [-0.25, -0.2) is 9.97 Å². The Balaban J connectivity index is 1.45. The van der Waals surface area contributed by atoms with E-state index in [9.17, 15) is 0 Å². The lowest BCUT2D eigenvalue weighted by Crippen LogP contribution is -1.95. The lowest BCUT2D eigenvalue weighted by Gasteiger charge is -2.12. The molecule has 184 valence electrons. The van der Waals surface area contributed by atoms with Gasteiger partial charge in [-0.2, -0.15) is 0 Å². The summed E-state index contributed by atoms with van der Waals surface area (Å²) in [6.45, 7) is 0. The Morgan fingerprint density at radius 1 is 0.615 bits per heavy atom. The van der Waals surface area contributed by atoms with Crippen molar-refractivity contribution in [2.24, 2.45) is 0 Å². The van der Waals surface area contributed by atoms with Gasteiger partial charge >= 0.3 is 0 Å². The van der Waals surface area contributed by atoms with Crippen LogP contribution in [0.3, 0.4) is 0 Å². The molecule has 4 aromatic carbocycles. The fourth-order valence-corrected chi connectivity index (χ4v) is 6.99. The standard InChI is InChI=1S/C33H20N4S2/c1-3-13-29-23(10-1)24-19-25(32-35-16-17-38-32)26(33-36-28-12-2-4-14-31(28)39-33)20-30(24)37(29)22-9-7-8-21(18-22)27-11-5-6-15-34-27/h1-20H. The maximum atomic E-state index is 5.05. The molecule has 0 N–H and O–H groups in total. The highest BCUT2D eigenvalue weighted by molar-refractivity contribution is 7.21. The average Bonchev–Trinajstić information content (AvgIpc) is 3.75. The first-order valence-corrected chi connectivity index (χ1v) is 14.4. The molecule has 0 bridgehead atoms. The maximum absolute atomic E-state index is 5.05. The second-order valence-corrected chi connectivity index (χ2v) is 11.3. The van der Waals surface area contributed by atoms with E-state index in [1.165, 1.54) is 15.5 Å². The van der Waals surface area contributed by atoms with Crippen molar-refractivity contribution in [2.75, 3.05) is 0 Å². The summed E-state index contributed by atoms with van der Waals surface area (Å²) in [5.74, 6) is 0. The predicted octanol–water partition coefficient (Wildman–Crippen LogP) is 9.25. The Hall–Kier alpha value is -4.65. The number of aromatic nitrogens is 4. The van der Waals surface area contributed by atoms with Crippen molar-refractivity contribution in [3.8, 4) is 38.1 Å². The molecule has 4 nitrogen and oxygen atoms in total. The van der Waals surface area contributed by atoms with Gasteiger partial charge in [0.05, 0.1) is 26.9 Å². The Morgan fingerprint density at radius 3 is 2.36 bits per heavy atom. The monoisotopic (exact) mass is 536 g/mol. The third-order valence-electron chi connectivity index (χ3n) is 7.06. The minimum atomic E-state index is 0.960. The van der Waals surface area contributed by atoms with Crippen molar-refractivity contribution in [1.29, 1.82) is 0 Å². The van der Waals surface area contributed by atoms with Crippen LogP contribution >= 0.6 is 22.7 Å². The van der Waals surface area contributed by atoms with Crippen molar-refractivity contribution < 1.29 is 0 Å². The predicted molar refractivity (Wildman–Crippen MR) is 164 cm³/mol. The van der Waals surface area contributed by atoms with E-state index in [1.54, 1.807) is 22.7 Å². The lowest BCUT2D eigenvalue weighted by atomic mass is 10.0. The van der Waals surface area contributed by atoms with E-state index in [-0.39, 0.29) is 0 Å². The highest BCUT2D eigenvalue weighted by Gasteiger charge is 2.20. The SMILES string of the molecule is c1ccc(-c2cccc(-n3c4ccccc4c4cc(-c5nccs5)c(-c5nc6ccccc6s5)cc43)c2)nc1. The zero-order valence-corrected chi connectivity index (χ0v) is 22.3. The van der Waals surface area contributed by atoms with Gasteiger partial charge in [-0.15, -0.1) is 22.7 Å². The summed E-state index contributed by atoms with van der Waals surface area (Å²) >= 11 is 3.39. The van der Waals surface area contributed by atoms with E-state index < -0.39 is 0 Å². The van der Waals surface area contributed by atoms with Crippen LogP contribution in [0, 0.1) is 0 Å². The Kier molecular flexibility index (Phi) is 5.14. The Bertz CT molecular complexity index is 2090. The fraction of sp³-hybridized carbons (Fsp3) is 0. The Labute approximate surface area is 232 Å². The number of hydrogen-bond donors (Lipinski definition) is 0. The van der Waals surface area contributed by atoms with Crippen LogP contribution in [0.4, 0.5) is 0 Å². The number of nitrogens with zero attached hydrogens (tertiary/aromatic N) is 4. The molecule has 4 aromatic heterocycles. The first kappa shape index (κ1) is 22.3. The van der Waals surface area contributed by atoms with E-state index in [4.69, 9.17) is 9.97 Å². The van der Waals surface area contributed by atoms with Gasteiger partial charge in [0.2, 0.25) is 0 Å². The van der Waals surface area contributed by atoms with Gasteiger partial charge in [0, 0.05) is 50.9 Å². The van der Waals surface area contributed by atoms with Crippen LogP contribution in [0.25, 0.3) is 70.1 Å². The number of hydrogen-bond acceptors (Lipinski definition) is 5. The molecule has 0 saturated carbocycles. The van der Waals surface area contributed by atoms with Gasteiger partial charge in [-0.05, 0) is 54.6 Å². The summed E-state index contributed by atoms with van der Waals surface area (Å²) in [5.41, 5.74) is 8.69. The van der Waals surface area contributed by atoms with Crippen LogP contribution in [-0.2, 0) is 0 Å². The molecule has 0 atom stereocenters. The first-order valence-electron chi connectivity index (χ1n) is 12.7. The molecule has 0 amide bonds. The second kappa shape index (κ2) is 8.98. The van der Waals surface area contributed by atoms with Crippen LogP contribution in [0.1, 0.15) is 0 Å². The quantitative estimate of drug-likeness (QED) is 0.225. The molecule has 4 heterocycles. The zero-order valence-electron chi connectivity index (χ0n) is 20.7. The van der Waals surface area contributed by atoms with Crippen LogP contribution < -0.4 is 0 Å². The molecule has 8 rings (SSSR count). The third kappa shape index (κ3) is 3.68. The largest absolute Gasteiger partial charge is 0.309 e. The minimum Gasteiger partial charge on any atom is -0.309 e. The highest BCUT2D eigenvalue weighted by atomic mass is 32.1. The van der Waals surface area contributed by atoms with Gasteiger partial charge in [-0.1, -0.05) is 48.5 Å². The number of thiazole rings is 2. The third-order valence-corrected chi connectivity index (χ3v) is 8.94. The summed E-state index contributed by atoms with van der Waals surface area (Å²) in [4.78, 5) is 14.3. The van der Waals surface area contributed by atoms with Crippen molar-refractivity contribution >= 4 is 54.7 Å². The van der Waals surface area contributed by atoms with Crippen molar-refractivity contribution in [1.82, 2.24) is 19.5 Å². The molecule has 0 aliphatic rings. The zero-order chi connectivity index (χ0) is 25.8. The van der Waals surface area contributed by atoms with Crippen LogP contribution in [-0.4, -0.2) is 19.5 Å². The smallest absolute Gasteiger partial charge is 0.125 e. The first-order chi connectivity index (χ1) is 19.3. The molecule has 0 radical (unpaired) electrons. The average molecular weight is 537 g/mol. The topological polar surface area (TPSA) is 43.6 Å². The molecule has 0 aliphatic heterocycles. The van der Waals surface area contributed by atoms with Gasteiger partial charge in [-0.3, -0.25) is 4.98 Å². The minimum absolute atomic E-state index is 0.960. The van der Waals surface area contributed by atoms with E-state index >= 15 is 0 Å². The van der Waals surface area contributed by atoms with E-state index in [0.29, 0.717) is 0 Å². The van der Waals surface area contributed by atoms with E-state index in [0.717, 1.165) is 54.6 Å². The molecule has 39 heavy (non-hydrogen) atoms. The van der Waals surface area contributed by atoms with Crippen molar-refractivity contribution in [3.63, 3.8) is 0 Å². The number of fused-ring (bicyclic) bond motifs is 4. The van der Waals surface area contributed by atoms with Crippen LogP contribution in [0.5, 0.6) is 0 Å². The Morgan fingerprint density at radius 2 is 1.49 bits per heavy atom. The normalized spacial score (nSPS) is 11.6. The summed E-state index contributed by atoms with van der Waals surface area (Å²) < 4.78 is 3.54. The van der Waals surface area contributed by atoms with Gasteiger partial charge in [0.25, 0.3) is 0 Å².